The molecule has 1 aromatic rings. The van der Waals surface area contributed by atoms with Crippen molar-refractivity contribution in [3.8, 4) is 0 Å². The minimum Gasteiger partial charge on any atom is -0.317 e. The molecule has 1 nitrogen and oxygen atoms in total. The Bertz CT molecular complexity index is 381. The van der Waals surface area contributed by atoms with Crippen LogP contribution in [0.3, 0.4) is 0 Å². The van der Waals surface area contributed by atoms with Crippen molar-refractivity contribution in [1.29, 1.82) is 0 Å². The van der Waals surface area contributed by atoms with Crippen molar-refractivity contribution in [2.45, 2.75) is 38.0 Å². The first-order valence-electron chi connectivity index (χ1n) is 6.55. The molecular formula is C15H23NS. The molecule has 1 aliphatic heterocycles. The third-order valence-electron chi connectivity index (χ3n) is 3.86. The van der Waals surface area contributed by atoms with Crippen LogP contribution in [0, 0.1) is 19.8 Å². The highest BCUT2D eigenvalue weighted by Crippen LogP contribution is 2.28. The molecule has 1 saturated heterocycles. The lowest BCUT2D eigenvalue weighted by molar-refractivity contribution is 0.371. The zero-order valence-corrected chi connectivity index (χ0v) is 12.0. The molecule has 0 atom stereocenters. The van der Waals surface area contributed by atoms with E-state index in [-0.39, 0.29) is 0 Å². The fraction of sp³-hybridized carbons (Fsp3) is 0.600. The van der Waals surface area contributed by atoms with Crippen LogP contribution in [0.15, 0.2) is 17.0 Å². The van der Waals surface area contributed by atoms with Gasteiger partial charge in [-0.25, -0.2) is 0 Å². The van der Waals surface area contributed by atoms with Gasteiger partial charge < -0.3 is 5.32 Å². The second-order valence-corrected chi connectivity index (χ2v) is 5.99. The van der Waals surface area contributed by atoms with Crippen molar-refractivity contribution in [2.24, 2.45) is 5.92 Å². The van der Waals surface area contributed by atoms with Gasteiger partial charge in [0, 0.05) is 4.90 Å². The highest BCUT2D eigenvalue weighted by atomic mass is 32.2. The fourth-order valence-electron chi connectivity index (χ4n) is 2.60. The Kier molecular flexibility index (Phi) is 4.52. The summed E-state index contributed by atoms with van der Waals surface area (Å²) >= 11 is 1.89. The fourth-order valence-corrected chi connectivity index (χ4v) is 3.29. The van der Waals surface area contributed by atoms with Crippen LogP contribution in [-0.4, -0.2) is 19.3 Å². The molecule has 0 aromatic heterocycles. The average Bonchev–Trinajstić information content (AvgIpc) is 2.35. The van der Waals surface area contributed by atoms with E-state index in [0.29, 0.717) is 0 Å². The van der Waals surface area contributed by atoms with Gasteiger partial charge in [0.25, 0.3) is 0 Å². The number of piperidine rings is 1. The molecular weight excluding hydrogens is 226 g/mol. The molecule has 2 heteroatoms. The Morgan fingerprint density at radius 3 is 2.47 bits per heavy atom. The quantitative estimate of drug-likeness (QED) is 0.822. The van der Waals surface area contributed by atoms with Crippen LogP contribution in [0.4, 0.5) is 0 Å². The molecule has 0 spiro atoms. The molecule has 0 amide bonds. The monoisotopic (exact) mass is 249 g/mol. The summed E-state index contributed by atoms with van der Waals surface area (Å²) in [7, 11) is 0. The zero-order chi connectivity index (χ0) is 12.3. The molecule has 1 N–H and O–H groups in total. The molecule has 0 unspecified atom stereocenters. The summed E-state index contributed by atoms with van der Waals surface area (Å²) in [5.74, 6) is 0.879. The van der Waals surface area contributed by atoms with Gasteiger partial charge in [0.05, 0.1) is 0 Å². The van der Waals surface area contributed by atoms with E-state index in [9.17, 15) is 0 Å². The predicted octanol–water partition coefficient (Wildman–Crippen LogP) is 3.57. The Morgan fingerprint density at radius 2 is 1.82 bits per heavy atom. The van der Waals surface area contributed by atoms with Gasteiger partial charge in [-0.3, -0.25) is 0 Å². The first-order valence-corrected chi connectivity index (χ1v) is 7.78. The summed E-state index contributed by atoms with van der Waals surface area (Å²) in [6, 6.07) is 4.76. The summed E-state index contributed by atoms with van der Waals surface area (Å²) in [5.41, 5.74) is 4.42. The van der Waals surface area contributed by atoms with Crippen LogP contribution >= 0.6 is 11.8 Å². The number of hydrogen-bond donors (Lipinski definition) is 1. The van der Waals surface area contributed by atoms with Gasteiger partial charge in [0.2, 0.25) is 0 Å². The van der Waals surface area contributed by atoms with E-state index in [1.54, 1.807) is 5.56 Å². The van der Waals surface area contributed by atoms with E-state index < -0.39 is 0 Å². The smallest absolute Gasteiger partial charge is 0.0104 e. The Hall–Kier alpha value is -0.470. The first-order chi connectivity index (χ1) is 8.20. The van der Waals surface area contributed by atoms with Crippen LogP contribution < -0.4 is 5.32 Å². The predicted molar refractivity (Wildman–Crippen MR) is 77.0 cm³/mol. The minimum absolute atomic E-state index is 0.879. The van der Waals surface area contributed by atoms with Gasteiger partial charge in [-0.15, -0.1) is 11.8 Å². The molecule has 0 bridgehead atoms. The van der Waals surface area contributed by atoms with Crippen LogP contribution in [-0.2, 0) is 6.42 Å². The zero-order valence-electron chi connectivity index (χ0n) is 11.2. The Balaban J connectivity index is 2.15. The molecule has 1 aliphatic rings. The van der Waals surface area contributed by atoms with E-state index in [2.05, 4.69) is 37.6 Å². The number of thioether (sulfide) groups is 1. The molecule has 94 valence electrons. The lowest BCUT2D eigenvalue weighted by Gasteiger charge is -2.24. The first kappa shape index (κ1) is 13.0. The highest BCUT2D eigenvalue weighted by molar-refractivity contribution is 7.98. The molecule has 1 aromatic carbocycles. The van der Waals surface area contributed by atoms with E-state index in [0.717, 1.165) is 5.92 Å². The van der Waals surface area contributed by atoms with Gasteiger partial charge in [-0.2, -0.15) is 0 Å². The minimum atomic E-state index is 0.879. The summed E-state index contributed by atoms with van der Waals surface area (Å²) in [6.45, 7) is 6.84. The second-order valence-electron chi connectivity index (χ2n) is 5.15. The summed E-state index contributed by atoms with van der Waals surface area (Å²) in [6.07, 6.45) is 6.12. The summed E-state index contributed by atoms with van der Waals surface area (Å²) in [4.78, 5) is 1.48. The molecule has 1 fully saturated rings. The van der Waals surface area contributed by atoms with Gasteiger partial charge in [0.1, 0.15) is 0 Å². The summed E-state index contributed by atoms with van der Waals surface area (Å²) in [5, 5.41) is 3.44. The van der Waals surface area contributed by atoms with Crippen LogP contribution in [0.2, 0.25) is 0 Å². The lowest BCUT2D eigenvalue weighted by atomic mass is 9.90. The number of nitrogens with one attached hydrogen (secondary N) is 1. The van der Waals surface area contributed by atoms with Crippen LogP contribution in [0.1, 0.15) is 29.5 Å². The maximum atomic E-state index is 3.44. The maximum absolute atomic E-state index is 3.44. The average molecular weight is 249 g/mol. The molecule has 0 saturated carbocycles. The number of rotatable bonds is 3. The lowest BCUT2D eigenvalue weighted by Crippen LogP contribution is -2.28. The largest absolute Gasteiger partial charge is 0.317 e. The van der Waals surface area contributed by atoms with E-state index in [1.165, 1.54) is 48.4 Å². The van der Waals surface area contributed by atoms with Gasteiger partial charge in [0.15, 0.2) is 0 Å². The SMILES string of the molecule is CSc1cc(C)c(C)cc1CC1CCNCC1. The third-order valence-corrected chi connectivity index (χ3v) is 4.68. The van der Waals surface area contributed by atoms with Crippen molar-refractivity contribution in [3.05, 3.63) is 28.8 Å². The molecule has 2 rings (SSSR count). The molecule has 1 heterocycles. The Morgan fingerprint density at radius 1 is 1.18 bits per heavy atom. The molecule has 17 heavy (non-hydrogen) atoms. The topological polar surface area (TPSA) is 12.0 Å². The Labute approximate surface area is 109 Å². The molecule has 0 radical (unpaired) electrons. The number of aryl methyl sites for hydroxylation is 2. The van der Waals surface area contributed by atoms with Crippen molar-refractivity contribution >= 4 is 11.8 Å². The van der Waals surface area contributed by atoms with E-state index in [4.69, 9.17) is 0 Å². The van der Waals surface area contributed by atoms with Crippen LogP contribution in [0.25, 0.3) is 0 Å². The van der Waals surface area contributed by atoms with Gasteiger partial charge >= 0.3 is 0 Å². The highest BCUT2D eigenvalue weighted by Gasteiger charge is 2.15. The van der Waals surface area contributed by atoms with Crippen molar-refractivity contribution < 1.29 is 0 Å². The normalized spacial score (nSPS) is 17.4. The van der Waals surface area contributed by atoms with Crippen molar-refractivity contribution in [2.75, 3.05) is 19.3 Å². The maximum Gasteiger partial charge on any atom is 0.0104 e. The van der Waals surface area contributed by atoms with Crippen molar-refractivity contribution in [1.82, 2.24) is 5.32 Å². The summed E-state index contributed by atoms with van der Waals surface area (Å²) < 4.78 is 0. The van der Waals surface area contributed by atoms with E-state index in [1.807, 2.05) is 11.8 Å². The van der Waals surface area contributed by atoms with Crippen molar-refractivity contribution in [3.63, 3.8) is 0 Å². The number of hydrogen-bond acceptors (Lipinski definition) is 2. The van der Waals surface area contributed by atoms with E-state index >= 15 is 0 Å². The van der Waals surface area contributed by atoms with Gasteiger partial charge in [-0.1, -0.05) is 6.07 Å². The standard InChI is InChI=1S/C15H23NS/c1-11-8-14(15(17-3)9-12(11)2)10-13-4-6-16-7-5-13/h8-9,13,16H,4-7,10H2,1-3H3. The second kappa shape index (κ2) is 5.92. The van der Waals surface area contributed by atoms with Gasteiger partial charge in [-0.05, 0) is 81.1 Å². The molecule has 0 aliphatic carbocycles. The number of benzene rings is 1. The third kappa shape index (κ3) is 3.26. The van der Waals surface area contributed by atoms with Crippen LogP contribution in [0.5, 0.6) is 0 Å².